The first-order valence-electron chi connectivity index (χ1n) is 6.82. The summed E-state index contributed by atoms with van der Waals surface area (Å²) in [5, 5.41) is 13.9. The second-order valence-corrected chi connectivity index (χ2v) is 5.73. The second-order valence-electron chi connectivity index (χ2n) is 5.33. The second kappa shape index (κ2) is 6.55. The zero-order chi connectivity index (χ0) is 13.0. The molecular weight excluding hydrogens is 246 g/mol. The van der Waals surface area contributed by atoms with E-state index in [0.29, 0.717) is 5.92 Å². The largest absolute Gasteiger partial charge is 0.393 e. The van der Waals surface area contributed by atoms with Crippen molar-refractivity contribution in [1.29, 1.82) is 0 Å². The summed E-state index contributed by atoms with van der Waals surface area (Å²) in [6.45, 7) is 3.16. The number of aliphatic hydroxyl groups excluding tert-OH is 1. The molecule has 0 aliphatic heterocycles. The lowest BCUT2D eigenvalue weighted by Gasteiger charge is -2.27. The van der Waals surface area contributed by atoms with Crippen molar-refractivity contribution in [2.75, 3.05) is 6.54 Å². The smallest absolute Gasteiger partial charge is 0.0540 e. The highest BCUT2D eigenvalue weighted by Crippen LogP contribution is 2.26. The molecule has 100 valence electrons. The maximum atomic E-state index is 9.48. The van der Waals surface area contributed by atoms with E-state index in [2.05, 4.69) is 18.3 Å². The van der Waals surface area contributed by atoms with Crippen molar-refractivity contribution in [3.63, 3.8) is 0 Å². The average Bonchev–Trinajstić information content (AvgIpc) is 2.38. The molecule has 1 aliphatic rings. The van der Waals surface area contributed by atoms with Crippen LogP contribution in [0.1, 0.15) is 44.2 Å². The molecule has 1 aromatic rings. The van der Waals surface area contributed by atoms with E-state index < -0.39 is 0 Å². The maximum absolute atomic E-state index is 9.48. The zero-order valence-corrected chi connectivity index (χ0v) is 11.7. The quantitative estimate of drug-likeness (QED) is 0.875. The summed E-state index contributed by atoms with van der Waals surface area (Å²) in [6, 6.07) is 8.28. The minimum absolute atomic E-state index is 0.0674. The van der Waals surface area contributed by atoms with Gasteiger partial charge in [0.15, 0.2) is 0 Å². The molecular formula is C15H22ClNO. The van der Waals surface area contributed by atoms with Crippen LogP contribution in [0.3, 0.4) is 0 Å². The van der Waals surface area contributed by atoms with Gasteiger partial charge < -0.3 is 10.4 Å². The molecule has 0 bridgehead atoms. The first kappa shape index (κ1) is 13.9. The summed E-state index contributed by atoms with van der Waals surface area (Å²) < 4.78 is 0. The first-order valence-corrected chi connectivity index (χ1v) is 7.20. The molecule has 0 saturated heterocycles. The standard InChI is InChI=1S/C15H22ClNO/c1-11(14-4-2-3-5-15(14)16)17-10-12-6-8-13(18)9-7-12/h2-5,11-13,17-18H,6-10H2,1H3. The van der Waals surface area contributed by atoms with Crippen molar-refractivity contribution in [2.24, 2.45) is 5.92 Å². The zero-order valence-electron chi connectivity index (χ0n) is 10.9. The van der Waals surface area contributed by atoms with Gasteiger partial charge in [0.05, 0.1) is 6.10 Å². The molecule has 1 atom stereocenters. The minimum atomic E-state index is -0.0674. The number of benzene rings is 1. The van der Waals surface area contributed by atoms with E-state index in [1.165, 1.54) is 0 Å². The van der Waals surface area contributed by atoms with Crippen LogP contribution in [0, 0.1) is 5.92 Å². The number of aliphatic hydroxyl groups is 1. The lowest BCUT2D eigenvalue weighted by Crippen LogP contribution is -2.29. The molecule has 18 heavy (non-hydrogen) atoms. The van der Waals surface area contributed by atoms with Crippen LogP contribution >= 0.6 is 11.6 Å². The van der Waals surface area contributed by atoms with Crippen LogP contribution in [0.15, 0.2) is 24.3 Å². The predicted octanol–water partition coefficient (Wildman–Crippen LogP) is 3.54. The van der Waals surface area contributed by atoms with Crippen molar-refractivity contribution in [3.05, 3.63) is 34.9 Å². The molecule has 0 radical (unpaired) electrons. The summed E-state index contributed by atoms with van der Waals surface area (Å²) in [5.41, 5.74) is 1.16. The van der Waals surface area contributed by atoms with Crippen LogP contribution in [0.4, 0.5) is 0 Å². The number of nitrogens with one attached hydrogen (secondary N) is 1. The fourth-order valence-electron chi connectivity index (χ4n) is 2.63. The van der Waals surface area contributed by atoms with E-state index >= 15 is 0 Å². The van der Waals surface area contributed by atoms with Crippen LogP contribution < -0.4 is 5.32 Å². The third-order valence-electron chi connectivity index (χ3n) is 3.90. The summed E-state index contributed by atoms with van der Waals surface area (Å²) in [6.07, 6.45) is 4.09. The highest BCUT2D eigenvalue weighted by atomic mass is 35.5. The molecule has 0 heterocycles. The monoisotopic (exact) mass is 267 g/mol. The van der Waals surface area contributed by atoms with Gasteiger partial charge in [-0.05, 0) is 56.7 Å². The van der Waals surface area contributed by atoms with Crippen LogP contribution in [0.5, 0.6) is 0 Å². The Morgan fingerprint density at radius 2 is 1.94 bits per heavy atom. The van der Waals surface area contributed by atoms with Gasteiger partial charge in [-0.1, -0.05) is 29.8 Å². The number of rotatable bonds is 4. The van der Waals surface area contributed by atoms with Crippen molar-refractivity contribution >= 4 is 11.6 Å². The number of hydrogen-bond donors (Lipinski definition) is 2. The van der Waals surface area contributed by atoms with Crippen LogP contribution in [-0.2, 0) is 0 Å². The van der Waals surface area contributed by atoms with Crippen LogP contribution in [0.2, 0.25) is 5.02 Å². The molecule has 1 aromatic carbocycles. The highest BCUT2D eigenvalue weighted by molar-refractivity contribution is 6.31. The van der Waals surface area contributed by atoms with Crippen molar-refractivity contribution in [2.45, 2.75) is 44.8 Å². The van der Waals surface area contributed by atoms with E-state index in [1.54, 1.807) is 0 Å². The maximum Gasteiger partial charge on any atom is 0.0540 e. The number of halogens is 1. The van der Waals surface area contributed by atoms with Gasteiger partial charge in [0.2, 0.25) is 0 Å². The molecule has 1 fully saturated rings. The SMILES string of the molecule is CC(NCC1CCC(O)CC1)c1ccccc1Cl. The Labute approximate surface area is 114 Å². The molecule has 0 spiro atoms. The Morgan fingerprint density at radius 1 is 1.28 bits per heavy atom. The van der Waals surface area contributed by atoms with Gasteiger partial charge in [0.25, 0.3) is 0 Å². The number of hydrogen-bond acceptors (Lipinski definition) is 2. The normalized spacial score (nSPS) is 25.9. The van der Waals surface area contributed by atoms with E-state index in [-0.39, 0.29) is 12.1 Å². The van der Waals surface area contributed by atoms with Crippen LogP contribution in [0.25, 0.3) is 0 Å². The minimum Gasteiger partial charge on any atom is -0.393 e. The molecule has 2 nitrogen and oxygen atoms in total. The van der Waals surface area contributed by atoms with E-state index in [0.717, 1.165) is 42.8 Å². The average molecular weight is 268 g/mol. The van der Waals surface area contributed by atoms with E-state index in [1.807, 2.05) is 18.2 Å². The molecule has 0 amide bonds. The van der Waals surface area contributed by atoms with Gasteiger partial charge in [-0.2, -0.15) is 0 Å². The fraction of sp³-hybridized carbons (Fsp3) is 0.600. The Balaban J connectivity index is 1.81. The van der Waals surface area contributed by atoms with Gasteiger partial charge in [0, 0.05) is 11.1 Å². The summed E-state index contributed by atoms with van der Waals surface area (Å²) in [7, 11) is 0. The fourth-order valence-corrected chi connectivity index (χ4v) is 2.93. The Morgan fingerprint density at radius 3 is 2.61 bits per heavy atom. The van der Waals surface area contributed by atoms with E-state index in [4.69, 9.17) is 11.6 Å². The summed E-state index contributed by atoms with van der Waals surface area (Å²) in [5.74, 6) is 0.693. The lowest BCUT2D eigenvalue weighted by molar-refractivity contribution is 0.108. The Hall–Kier alpha value is -0.570. The van der Waals surface area contributed by atoms with Crippen molar-refractivity contribution < 1.29 is 5.11 Å². The van der Waals surface area contributed by atoms with E-state index in [9.17, 15) is 5.11 Å². The molecule has 0 aromatic heterocycles. The van der Waals surface area contributed by atoms with Crippen molar-refractivity contribution in [1.82, 2.24) is 5.32 Å². The third kappa shape index (κ3) is 3.71. The summed E-state index contributed by atoms with van der Waals surface area (Å²) >= 11 is 6.19. The van der Waals surface area contributed by atoms with Crippen LogP contribution in [-0.4, -0.2) is 17.8 Å². The predicted molar refractivity (Wildman–Crippen MR) is 75.8 cm³/mol. The molecule has 1 unspecified atom stereocenters. The van der Waals surface area contributed by atoms with Gasteiger partial charge in [-0.15, -0.1) is 0 Å². The molecule has 2 N–H and O–H groups in total. The summed E-state index contributed by atoms with van der Waals surface area (Å²) in [4.78, 5) is 0. The first-order chi connectivity index (χ1) is 8.66. The molecule has 3 heteroatoms. The van der Waals surface area contributed by atoms with Gasteiger partial charge in [0.1, 0.15) is 0 Å². The topological polar surface area (TPSA) is 32.3 Å². The van der Waals surface area contributed by atoms with Crippen molar-refractivity contribution in [3.8, 4) is 0 Å². The van der Waals surface area contributed by atoms with Gasteiger partial charge in [-0.25, -0.2) is 0 Å². The Bertz CT molecular complexity index is 375. The third-order valence-corrected chi connectivity index (χ3v) is 4.24. The Kier molecular flexibility index (Phi) is 5.04. The highest BCUT2D eigenvalue weighted by Gasteiger charge is 2.20. The van der Waals surface area contributed by atoms with Gasteiger partial charge >= 0.3 is 0 Å². The molecule has 1 saturated carbocycles. The van der Waals surface area contributed by atoms with Gasteiger partial charge in [-0.3, -0.25) is 0 Å². The molecule has 2 rings (SSSR count). The lowest BCUT2D eigenvalue weighted by atomic mass is 9.87. The molecule has 1 aliphatic carbocycles.